The number of amides is 2. The molecule has 1 fully saturated rings. The van der Waals surface area contributed by atoms with Crippen molar-refractivity contribution in [3.8, 4) is 5.69 Å². The van der Waals surface area contributed by atoms with Gasteiger partial charge in [0.05, 0.1) is 5.69 Å². The van der Waals surface area contributed by atoms with E-state index in [-0.39, 0.29) is 17.7 Å². The Morgan fingerprint density at radius 2 is 1.62 bits per heavy atom. The maximum Gasteiger partial charge on any atom is 0.253 e. The molecule has 2 aromatic rings. The van der Waals surface area contributed by atoms with E-state index in [0.717, 1.165) is 5.69 Å². The van der Waals surface area contributed by atoms with E-state index >= 15 is 0 Å². The van der Waals surface area contributed by atoms with Gasteiger partial charge >= 0.3 is 0 Å². The lowest BCUT2D eigenvalue weighted by atomic mass is 10.1. The van der Waals surface area contributed by atoms with E-state index in [1.54, 1.807) is 10.9 Å². The van der Waals surface area contributed by atoms with Crippen LogP contribution >= 0.6 is 0 Å². The summed E-state index contributed by atoms with van der Waals surface area (Å²) in [5.74, 6) is 0.173. The van der Waals surface area contributed by atoms with Crippen LogP contribution in [-0.4, -0.2) is 57.6 Å². The molecule has 126 valence electrons. The lowest BCUT2D eigenvalue weighted by Crippen LogP contribution is -2.51. The Bertz CT molecular complexity index is 699. The smallest absolute Gasteiger partial charge is 0.253 e. The predicted molar refractivity (Wildman–Crippen MR) is 90.9 cm³/mol. The fourth-order valence-electron chi connectivity index (χ4n) is 2.86. The van der Waals surface area contributed by atoms with Crippen LogP contribution in [0.3, 0.4) is 0 Å². The van der Waals surface area contributed by atoms with Crippen molar-refractivity contribution < 1.29 is 9.59 Å². The van der Waals surface area contributed by atoms with E-state index in [1.165, 1.54) is 0 Å². The molecule has 0 spiro atoms. The maximum atomic E-state index is 12.6. The third kappa shape index (κ3) is 3.32. The van der Waals surface area contributed by atoms with Crippen LogP contribution in [0.4, 0.5) is 0 Å². The Balaban J connectivity index is 1.62. The second-order valence-corrected chi connectivity index (χ2v) is 6.27. The lowest BCUT2D eigenvalue weighted by molar-refractivity contribution is -0.135. The summed E-state index contributed by atoms with van der Waals surface area (Å²) in [4.78, 5) is 28.3. The van der Waals surface area contributed by atoms with Crippen molar-refractivity contribution in [2.24, 2.45) is 5.92 Å². The van der Waals surface area contributed by atoms with Gasteiger partial charge in [-0.25, -0.2) is 4.68 Å². The molecule has 1 aliphatic heterocycles. The van der Waals surface area contributed by atoms with Crippen molar-refractivity contribution in [1.29, 1.82) is 0 Å². The first kappa shape index (κ1) is 16.2. The van der Waals surface area contributed by atoms with Crippen LogP contribution in [0.25, 0.3) is 5.69 Å². The number of piperazine rings is 1. The first-order valence-corrected chi connectivity index (χ1v) is 8.24. The minimum atomic E-state index is 0.00194. The third-order valence-electron chi connectivity index (χ3n) is 4.26. The van der Waals surface area contributed by atoms with Crippen molar-refractivity contribution in [3.63, 3.8) is 0 Å². The summed E-state index contributed by atoms with van der Waals surface area (Å²) in [5, 5.41) is 4.17. The van der Waals surface area contributed by atoms with Crippen molar-refractivity contribution in [2.75, 3.05) is 26.2 Å². The van der Waals surface area contributed by atoms with Crippen molar-refractivity contribution in [1.82, 2.24) is 19.6 Å². The fourth-order valence-corrected chi connectivity index (χ4v) is 2.86. The van der Waals surface area contributed by atoms with Gasteiger partial charge in [0.1, 0.15) is 0 Å². The maximum absolute atomic E-state index is 12.6. The number of hydrogen-bond acceptors (Lipinski definition) is 3. The van der Waals surface area contributed by atoms with Gasteiger partial charge in [-0.15, -0.1) is 0 Å². The summed E-state index contributed by atoms with van der Waals surface area (Å²) in [5.41, 5.74) is 1.58. The highest BCUT2D eigenvalue weighted by Gasteiger charge is 2.25. The molecule has 2 heterocycles. The van der Waals surface area contributed by atoms with Crippen molar-refractivity contribution in [2.45, 2.75) is 13.8 Å². The summed E-state index contributed by atoms with van der Waals surface area (Å²) in [7, 11) is 0. The number of carbonyl (C=O) groups is 2. The van der Waals surface area contributed by atoms with Crippen molar-refractivity contribution in [3.05, 3.63) is 48.3 Å². The molecule has 0 atom stereocenters. The highest BCUT2D eigenvalue weighted by atomic mass is 16.2. The van der Waals surface area contributed by atoms with Crippen LogP contribution in [-0.2, 0) is 4.79 Å². The van der Waals surface area contributed by atoms with Gasteiger partial charge in [0.2, 0.25) is 5.91 Å². The molecule has 0 radical (unpaired) electrons. The first-order chi connectivity index (χ1) is 11.6. The summed E-state index contributed by atoms with van der Waals surface area (Å²) in [6.45, 7) is 6.18. The highest BCUT2D eigenvalue weighted by molar-refractivity contribution is 5.94. The molecule has 0 unspecified atom stereocenters. The Labute approximate surface area is 141 Å². The van der Waals surface area contributed by atoms with Gasteiger partial charge in [-0.05, 0) is 30.3 Å². The molecule has 1 saturated heterocycles. The van der Waals surface area contributed by atoms with Gasteiger partial charge in [0.15, 0.2) is 0 Å². The van der Waals surface area contributed by atoms with Crippen LogP contribution in [0.1, 0.15) is 24.2 Å². The zero-order valence-electron chi connectivity index (χ0n) is 14.1. The van der Waals surface area contributed by atoms with Gasteiger partial charge in [-0.2, -0.15) is 5.10 Å². The van der Waals surface area contributed by atoms with E-state index in [1.807, 2.05) is 60.2 Å². The van der Waals surface area contributed by atoms with Crippen LogP contribution in [0.2, 0.25) is 0 Å². The number of nitrogens with zero attached hydrogens (tertiary/aromatic N) is 4. The molecule has 1 aromatic heterocycles. The second kappa shape index (κ2) is 6.86. The van der Waals surface area contributed by atoms with Gasteiger partial charge in [0.25, 0.3) is 5.91 Å². The average Bonchev–Trinajstić information content (AvgIpc) is 3.15. The Morgan fingerprint density at radius 1 is 1.00 bits per heavy atom. The number of rotatable bonds is 3. The van der Waals surface area contributed by atoms with Gasteiger partial charge in [0, 0.05) is 50.1 Å². The number of aromatic nitrogens is 2. The standard InChI is InChI=1S/C18H22N4O2/c1-14(2)17(23)20-10-12-21(13-11-20)18(24)15-4-6-16(7-5-15)22-9-3-8-19-22/h3-9,14H,10-13H2,1-2H3. The first-order valence-electron chi connectivity index (χ1n) is 8.24. The van der Waals surface area contributed by atoms with E-state index < -0.39 is 0 Å². The molecule has 0 N–H and O–H groups in total. The average molecular weight is 326 g/mol. The SMILES string of the molecule is CC(C)C(=O)N1CCN(C(=O)c2ccc(-n3cccn3)cc2)CC1. The van der Waals surface area contributed by atoms with Crippen LogP contribution in [0.15, 0.2) is 42.7 Å². The van der Waals surface area contributed by atoms with Gasteiger partial charge in [-0.3, -0.25) is 9.59 Å². The zero-order chi connectivity index (χ0) is 17.1. The molecular weight excluding hydrogens is 304 g/mol. The van der Waals surface area contributed by atoms with E-state index in [9.17, 15) is 9.59 Å². The van der Waals surface area contributed by atoms with Crippen LogP contribution in [0.5, 0.6) is 0 Å². The Kier molecular flexibility index (Phi) is 4.64. The molecule has 24 heavy (non-hydrogen) atoms. The third-order valence-corrected chi connectivity index (χ3v) is 4.26. The number of benzene rings is 1. The molecule has 0 aliphatic carbocycles. The van der Waals surface area contributed by atoms with Crippen LogP contribution in [0, 0.1) is 5.92 Å². The molecule has 1 aromatic carbocycles. The second-order valence-electron chi connectivity index (χ2n) is 6.27. The monoisotopic (exact) mass is 326 g/mol. The topological polar surface area (TPSA) is 58.4 Å². The highest BCUT2D eigenvalue weighted by Crippen LogP contribution is 2.13. The van der Waals surface area contributed by atoms with E-state index in [0.29, 0.717) is 31.7 Å². The summed E-state index contributed by atoms with van der Waals surface area (Å²) >= 11 is 0. The molecule has 2 amide bonds. The normalized spacial score (nSPS) is 15.0. The molecule has 6 heteroatoms. The molecule has 0 saturated carbocycles. The number of carbonyl (C=O) groups excluding carboxylic acids is 2. The van der Waals surface area contributed by atoms with Crippen molar-refractivity contribution >= 4 is 11.8 Å². The molecule has 0 bridgehead atoms. The van der Waals surface area contributed by atoms with E-state index in [4.69, 9.17) is 0 Å². The van der Waals surface area contributed by atoms with Gasteiger partial charge in [-0.1, -0.05) is 13.8 Å². The summed E-state index contributed by atoms with van der Waals surface area (Å²) in [6.07, 6.45) is 3.58. The molecule has 1 aliphatic rings. The largest absolute Gasteiger partial charge is 0.339 e. The number of hydrogen-bond donors (Lipinski definition) is 0. The molecular formula is C18H22N4O2. The summed E-state index contributed by atoms with van der Waals surface area (Å²) in [6, 6.07) is 9.28. The summed E-state index contributed by atoms with van der Waals surface area (Å²) < 4.78 is 1.75. The quantitative estimate of drug-likeness (QED) is 0.864. The molecule has 3 rings (SSSR count). The van der Waals surface area contributed by atoms with E-state index in [2.05, 4.69) is 5.10 Å². The minimum absolute atomic E-state index is 0.00194. The zero-order valence-corrected chi connectivity index (χ0v) is 14.1. The predicted octanol–water partition coefficient (Wildman–Crippen LogP) is 1.81. The van der Waals surface area contributed by atoms with Crippen LogP contribution < -0.4 is 0 Å². The lowest BCUT2D eigenvalue weighted by Gasteiger charge is -2.35. The Morgan fingerprint density at radius 3 is 2.17 bits per heavy atom. The van der Waals surface area contributed by atoms with Gasteiger partial charge < -0.3 is 9.80 Å². The Hall–Kier alpha value is -2.63. The minimum Gasteiger partial charge on any atom is -0.339 e. The molecule has 6 nitrogen and oxygen atoms in total. The fraction of sp³-hybridized carbons (Fsp3) is 0.389.